The summed E-state index contributed by atoms with van der Waals surface area (Å²) in [4.78, 5) is 4.37. The van der Waals surface area contributed by atoms with Crippen molar-refractivity contribution < 1.29 is 5.11 Å². The molecular formula is C25H33NO. The zero-order valence-corrected chi connectivity index (χ0v) is 17.0. The molecule has 144 valence electrons. The van der Waals surface area contributed by atoms with E-state index in [1.54, 1.807) is 5.57 Å². The zero-order chi connectivity index (χ0) is 18.9. The smallest absolute Gasteiger partial charge is 0.0622 e. The molecule has 1 aromatic heterocycles. The molecule has 0 spiro atoms. The Morgan fingerprint density at radius 2 is 1.89 bits per heavy atom. The molecule has 2 heteroatoms. The molecule has 2 nitrogen and oxygen atoms in total. The van der Waals surface area contributed by atoms with Crippen molar-refractivity contribution >= 4 is 5.57 Å². The Kier molecular flexibility index (Phi) is 3.79. The predicted octanol–water partition coefficient (Wildman–Crippen LogP) is 5.79. The summed E-state index contributed by atoms with van der Waals surface area (Å²) in [5.74, 6) is 2.20. The van der Waals surface area contributed by atoms with Gasteiger partial charge in [0.25, 0.3) is 0 Å². The maximum absolute atomic E-state index is 10.7. The average Bonchev–Trinajstić information content (AvgIpc) is 3.00. The molecule has 1 N–H and O–H groups in total. The number of hydrogen-bond donors (Lipinski definition) is 1. The van der Waals surface area contributed by atoms with Crippen LogP contribution in [-0.4, -0.2) is 15.7 Å². The molecule has 0 bridgehead atoms. The Morgan fingerprint density at radius 1 is 1.04 bits per heavy atom. The summed E-state index contributed by atoms with van der Waals surface area (Å²) < 4.78 is 0. The second-order valence-electron chi connectivity index (χ2n) is 10.5. The van der Waals surface area contributed by atoms with Gasteiger partial charge >= 0.3 is 0 Å². The Labute approximate surface area is 163 Å². The minimum Gasteiger partial charge on any atom is -0.390 e. The van der Waals surface area contributed by atoms with Crippen molar-refractivity contribution in [1.29, 1.82) is 0 Å². The van der Waals surface area contributed by atoms with Crippen LogP contribution in [0, 0.1) is 28.6 Å². The average molecular weight is 364 g/mol. The molecule has 3 fully saturated rings. The molecule has 5 rings (SSSR count). The summed E-state index contributed by atoms with van der Waals surface area (Å²) in [6.45, 7) is 7.08. The fourth-order valence-electron chi connectivity index (χ4n) is 7.36. The minimum atomic E-state index is -0.443. The van der Waals surface area contributed by atoms with Crippen LogP contribution in [0.25, 0.3) is 5.57 Å². The molecule has 3 saturated carbocycles. The Balaban J connectivity index is 1.45. The molecule has 4 aliphatic rings. The van der Waals surface area contributed by atoms with E-state index in [1.807, 2.05) is 12.4 Å². The molecule has 1 unspecified atom stereocenters. The van der Waals surface area contributed by atoms with Crippen LogP contribution in [0.1, 0.15) is 71.3 Å². The number of pyridine rings is 1. The largest absolute Gasteiger partial charge is 0.390 e. The fourth-order valence-corrected chi connectivity index (χ4v) is 7.36. The SMILES string of the molecule is C[C@@]1(O)CC[C@@]2(C)C(CC[C@H]3C4=CC=C(c5cccnc5)[C@@]4(C)CC[C@@H]32)C1. The fraction of sp³-hybridized carbons (Fsp3) is 0.640. The number of allylic oxidation sites excluding steroid dienone is 4. The maximum Gasteiger partial charge on any atom is 0.0622 e. The first-order valence-electron chi connectivity index (χ1n) is 10.9. The topological polar surface area (TPSA) is 33.1 Å². The Hall–Kier alpha value is -1.41. The predicted molar refractivity (Wildman–Crippen MR) is 110 cm³/mol. The molecule has 6 atom stereocenters. The minimum absolute atomic E-state index is 0.188. The maximum atomic E-state index is 10.7. The molecule has 0 aliphatic heterocycles. The van der Waals surface area contributed by atoms with Crippen LogP contribution in [-0.2, 0) is 0 Å². The highest BCUT2D eigenvalue weighted by molar-refractivity contribution is 5.78. The Bertz CT molecular complexity index is 807. The molecule has 4 aliphatic carbocycles. The highest BCUT2D eigenvalue weighted by atomic mass is 16.3. The van der Waals surface area contributed by atoms with Crippen LogP contribution in [0.15, 0.2) is 42.3 Å². The summed E-state index contributed by atoms with van der Waals surface area (Å²) in [6.07, 6.45) is 17.1. The van der Waals surface area contributed by atoms with Crippen LogP contribution in [0.3, 0.4) is 0 Å². The lowest BCUT2D eigenvalue weighted by Crippen LogP contribution is -2.53. The third kappa shape index (κ3) is 2.52. The first kappa shape index (κ1) is 17.7. The second-order valence-corrected chi connectivity index (χ2v) is 10.5. The van der Waals surface area contributed by atoms with Gasteiger partial charge in [0.05, 0.1) is 5.60 Å². The molecule has 0 aromatic carbocycles. The van der Waals surface area contributed by atoms with Crippen molar-refractivity contribution in [1.82, 2.24) is 4.98 Å². The first-order chi connectivity index (χ1) is 12.8. The van der Waals surface area contributed by atoms with Crippen molar-refractivity contribution in [2.24, 2.45) is 28.6 Å². The number of fused-ring (bicyclic) bond motifs is 5. The van der Waals surface area contributed by atoms with Gasteiger partial charge in [-0.05, 0) is 92.2 Å². The number of nitrogens with zero attached hydrogens (tertiary/aromatic N) is 1. The quantitative estimate of drug-likeness (QED) is 0.685. The lowest BCUT2D eigenvalue weighted by Gasteiger charge is -2.60. The van der Waals surface area contributed by atoms with E-state index < -0.39 is 5.60 Å². The van der Waals surface area contributed by atoms with E-state index >= 15 is 0 Å². The van der Waals surface area contributed by atoms with E-state index in [0.29, 0.717) is 11.3 Å². The summed E-state index contributed by atoms with van der Waals surface area (Å²) in [6, 6.07) is 4.28. The van der Waals surface area contributed by atoms with E-state index in [4.69, 9.17) is 0 Å². The first-order valence-corrected chi connectivity index (χ1v) is 10.9. The van der Waals surface area contributed by atoms with E-state index in [2.05, 4.69) is 50.0 Å². The van der Waals surface area contributed by atoms with Crippen LogP contribution < -0.4 is 0 Å². The second kappa shape index (κ2) is 5.80. The van der Waals surface area contributed by atoms with Crippen molar-refractivity contribution in [3.8, 4) is 0 Å². The summed E-state index contributed by atoms with van der Waals surface area (Å²) in [5.41, 5.74) is 4.61. The van der Waals surface area contributed by atoms with Gasteiger partial charge in [0.2, 0.25) is 0 Å². The van der Waals surface area contributed by atoms with Crippen molar-refractivity contribution in [3.05, 3.63) is 47.8 Å². The number of hydrogen-bond acceptors (Lipinski definition) is 2. The van der Waals surface area contributed by atoms with Crippen LogP contribution in [0.4, 0.5) is 0 Å². The van der Waals surface area contributed by atoms with Gasteiger partial charge in [-0.3, -0.25) is 4.98 Å². The molecular weight excluding hydrogens is 330 g/mol. The molecule has 1 aromatic rings. The van der Waals surface area contributed by atoms with Gasteiger partial charge in [-0.15, -0.1) is 0 Å². The van der Waals surface area contributed by atoms with Crippen molar-refractivity contribution in [2.45, 2.75) is 71.3 Å². The van der Waals surface area contributed by atoms with Gasteiger partial charge in [0, 0.05) is 17.8 Å². The van der Waals surface area contributed by atoms with Crippen LogP contribution in [0.5, 0.6) is 0 Å². The van der Waals surface area contributed by atoms with E-state index in [-0.39, 0.29) is 5.41 Å². The van der Waals surface area contributed by atoms with Gasteiger partial charge < -0.3 is 5.11 Å². The molecule has 1 heterocycles. The molecule has 0 saturated heterocycles. The normalized spacial score (nSPS) is 46.0. The highest BCUT2D eigenvalue weighted by Crippen LogP contribution is 2.66. The van der Waals surface area contributed by atoms with E-state index in [9.17, 15) is 5.11 Å². The third-order valence-electron chi connectivity index (χ3n) is 8.97. The lowest BCUT2D eigenvalue weighted by molar-refractivity contribution is -0.113. The van der Waals surface area contributed by atoms with Crippen molar-refractivity contribution in [2.75, 3.05) is 0 Å². The van der Waals surface area contributed by atoms with Crippen LogP contribution >= 0.6 is 0 Å². The van der Waals surface area contributed by atoms with E-state index in [1.165, 1.54) is 43.2 Å². The highest BCUT2D eigenvalue weighted by Gasteiger charge is 2.57. The number of rotatable bonds is 1. The summed E-state index contributed by atoms with van der Waals surface area (Å²) >= 11 is 0. The number of aliphatic hydroxyl groups is 1. The van der Waals surface area contributed by atoms with Gasteiger partial charge in [-0.25, -0.2) is 0 Å². The van der Waals surface area contributed by atoms with Gasteiger partial charge in [-0.2, -0.15) is 0 Å². The van der Waals surface area contributed by atoms with E-state index in [0.717, 1.165) is 24.7 Å². The molecule has 0 amide bonds. The van der Waals surface area contributed by atoms with Crippen molar-refractivity contribution in [3.63, 3.8) is 0 Å². The molecule has 0 radical (unpaired) electrons. The third-order valence-corrected chi connectivity index (χ3v) is 8.97. The van der Waals surface area contributed by atoms with Gasteiger partial charge in [0.1, 0.15) is 0 Å². The lowest BCUT2D eigenvalue weighted by atomic mass is 9.45. The van der Waals surface area contributed by atoms with Gasteiger partial charge in [-0.1, -0.05) is 37.6 Å². The standard InChI is InChI=1S/C25H33NO/c1-23(27)12-13-24(2)18(15-23)6-7-19-21-9-8-20(17-5-4-14-26-16-17)25(21,3)11-10-22(19)24/h4-5,8-9,14,16,18-19,22,27H,6-7,10-13,15H2,1-3H3/t18?,19-,22-,23+,24-,25+/m0/s1. The molecule has 27 heavy (non-hydrogen) atoms. The van der Waals surface area contributed by atoms with Gasteiger partial charge in [0.15, 0.2) is 0 Å². The van der Waals surface area contributed by atoms with Crippen LogP contribution in [0.2, 0.25) is 0 Å². The number of aromatic nitrogens is 1. The monoisotopic (exact) mass is 363 g/mol. The Morgan fingerprint density at radius 3 is 2.67 bits per heavy atom. The zero-order valence-electron chi connectivity index (χ0n) is 17.0. The summed E-state index contributed by atoms with van der Waals surface area (Å²) in [7, 11) is 0. The summed E-state index contributed by atoms with van der Waals surface area (Å²) in [5, 5.41) is 10.7.